The highest BCUT2D eigenvalue weighted by molar-refractivity contribution is 6.27. The van der Waals surface area contributed by atoms with Crippen LogP contribution in [0.5, 0.6) is 0 Å². The maximum absolute atomic E-state index is 5.33. The summed E-state index contributed by atoms with van der Waals surface area (Å²) in [5.74, 6) is 0.822. The predicted octanol–water partition coefficient (Wildman–Crippen LogP) is 34.2. The molecule has 0 amide bonds. The summed E-state index contributed by atoms with van der Waals surface area (Å²) in [7, 11) is 0. The van der Waals surface area contributed by atoms with Crippen LogP contribution in [0.25, 0.3) is 265 Å². The molecule has 0 saturated carbocycles. The standard InChI is InChI=1S/2C45H29N3.C42H26N4/c1-3-14-31(15-4-1)40-22-12-23-41(46-40)32-16-11-19-34(27-32)47-42-24-10-9-21-36(42)38-28-39-37-26-25-30-13-7-8-20-35(30)45(37)48(44(39)29-43(38)47)33-17-5-2-6-18-33;1-3-13-31(14-4-1)40-19-11-20-41(46-40)32-22-25-34(26-23-32)47-42-21-10-9-18-36(42)38-28-39-37-27-24-30-12-7-8-17-35(30)45(37)48(44(39)29-43(38)47)33-15-5-2-6-16-33;1-3-14-28(15-4-1)40-42(44-36-21-11-10-20-35(36)43-40)46-37-22-12-9-19-31(37)33-25-34-32-24-23-27-13-7-8-18-30(27)41(32)45(38(34)26-39(33)46)29-16-5-2-6-17-29/h2*1-29H;1-26H. The van der Waals surface area contributed by atoms with Crippen molar-refractivity contribution in [1.82, 2.24) is 47.3 Å². The van der Waals surface area contributed by atoms with E-state index in [9.17, 15) is 0 Å². The summed E-state index contributed by atoms with van der Waals surface area (Å²) >= 11 is 0. The lowest BCUT2D eigenvalue weighted by Crippen LogP contribution is -2.03. The van der Waals surface area contributed by atoms with Crippen molar-refractivity contribution in [1.29, 1.82) is 0 Å². The van der Waals surface area contributed by atoms with E-state index >= 15 is 0 Å². The number of hydrogen-bond acceptors (Lipinski definition) is 4. The molecule has 0 unspecified atom stereocenters. The van der Waals surface area contributed by atoms with Crippen molar-refractivity contribution < 1.29 is 0 Å². The number of benzene rings is 21. The van der Waals surface area contributed by atoms with Gasteiger partial charge in [0.1, 0.15) is 5.69 Å². The van der Waals surface area contributed by atoms with E-state index in [0.29, 0.717) is 0 Å². The third-order valence-electron chi connectivity index (χ3n) is 28.6. The fourth-order valence-electron chi connectivity index (χ4n) is 22.3. The van der Waals surface area contributed by atoms with E-state index in [0.717, 1.165) is 118 Å². The summed E-state index contributed by atoms with van der Waals surface area (Å²) in [6.07, 6.45) is 0. The van der Waals surface area contributed by atoms with Crippen molar-refractivity contribution >= 4 is 174 Å². The first kappa shape index (κ1) is 81.2. The molecule has 0 atom stereocenters. The molecule has 30 rings (SSSR count). The molecule has 9 heterocycles. The molecule has 0 radical (unpaired) electrons. The van der Waals surface area contributed by atoms with Gasteiger partial charge in [0.25, 0.3) is 0 Å². The van der Waals surface area contributed by atoms with Gasteiger partial charge in [0.2, 0.25) is 0 Å². The first-order valence-corrected chi connectivity index (χ1v) is 48.4. The molecule has 662 valence electrons. The van der Waals surface area contributed by atoms with Gasteiger partial charge >= 0.3 is 0 Å². The summed E-state index contributed by atoms with van der Waals surface area (Å²) in [5.41, 5.74) is 31.8. The minimum absolute atomic E-state index is 0.822. The number of hydrogen-bond donors (Lipinski definition) is 0. The zero-order chi connectivity index (χ0) is 93.4. The van der Waals surface area contributed by atoms with E-state index in [4.69, 9.17) is 19.9 Å². The van der Waals surface area contributed by atoms with Crippen LogP contribution in [0, 0.1) is 0 Å². The van der Waals surface area contributed by atoms with E-state index in [1.165, 1.54) is 147 Å². The van der Waals surface area contributed by atoms with Crippen molar-refractivity contribution in [3.8, 4) is 90.5 Å². The monoisotopic (exact) mass is 1810 g/mol. The molecule has 142 heavy (non-hydrogen) atoms. The van der Waals surface area contributed by atoms with Gasteiger partial charge in [-0.25, -0.2) is 19.9 Å². The molecular weight excluding hydrogens is 1730 g/mol. The Morgan fingerprint density at radius 1 is 0.134 bits per heavy atom. The van der Waals surface area contributed by atoms with E-state index in [1.807, 2.05) is 42.5 Å². The first-order valence-electron chi connectivity index (χ1n) is 48.4. The van der Waals surface area contributed by atoms with E-state index in [2.05, 4.69) is 495 Å². The summed E-state index contributed by atoms with van der Waals surface area (Å²) in [6, 6.07) is 182. The molecule has 0 N–H and O–H groups in total. The Morgan fingerprint density at radius 2 is 0.415 bits per heavy atom. The second-order valence-corrected chi connectivity index (χ2v) is 36.7. The van der Waals surface area contributed by atoms with Crippen molar-refractivity contribution in [2.75, 3.05) is 0 Å². The van der Waals surface area contributed by atoms with Crippen LogP contribution in [-0.4, -0.2) is 47.3 Å². The zero-order valence-corrected chi connectivity index (χ0v) is 77.0. The molecular formula is C132H84N10. The summed E-state index contributed by atoms with van der Waals surface area (Å²) in [4.78, 5) is 20.6. The van der Waals surface area contributed by atoms with Gasteiger partial charge < -0.3 is 22.8 Å². The van der Waals surface area contributed by atoms with E-state index < -0.39 is 0 Å². The average Bonchev–Trinajstić information content (AvgIpc) is 1.56. The normalized spacial score (nSPS) is 11.8. The quantitative estimate of drug-likeness (QED) is 0.129. The lowest BCUT2D eigenvalue weighted by molar-refractivity contribution is 1.08. The molecule has 0 aliphatic rings. The summed E-state index contributed by atoms with van der Waals surface area (Å²) < 4.78 is 14.5. The van der Waals surface area contributed by atoms with Crippen molar-refractivity contribution in [3.05, 3.63) is 510 Å². The minimum Gasteiger partial charge on any atom is -0.309 e. The lowest BCUT2D eigenvalue weighted by Gasteiger charge is -2.14. The molecule has 21 aromatic carbocycles. The van der Waals surface area contributed by atoms with Gasteiger partial charge in [0.05, 0.1) is 100 Å². The molecule has 0 bridgehead atoms. The van der Waals surface area contributed by atoms with Gasteiger partial charge in [-0.15, -0.1) is 0 Å². The smallest absolute Gasteiger partial charge is 0.165 e. The predicted molar refractivity (Wildman–Crippen MR) is 594 cm³/mol. The Balaban J connectivity index is 0.000000104. The van der Waals surface area contributed by atoms with Crippen LogP contribution in [0.15, 0.2) is 510 Å². The molecule has 0 spiro atoms. The zero-order valence-electron chi connectivity index (χ0n) is 77.0. The van der Waals surface area contributed by atoms with Crippen LogP contribution >= 0.6 is 0 Å². The highest BCUT2D eigenvalue weighted by Crippen LogP contribution is 2.48. The van der Waals surface area contributed by atoms with Crippen molar-refractivity contribution in [2.45, 2.75) is 0 Å². The number of fused-ring (bicyclic) bond motifs is 25. The van der Waals surface area contributed by atoms with E-state index in [-0.39, 0.29) is 0 Å². The number of pyridine rings is 2. The third kappa shape index (κ3) is 13.3. The summed E-state index contributed by atoms with van der Waals surface area (Å²) in [6.45, 7) is 0. The maximum Gasteiger partial charge on any atom is 0.165 e. The van der Waals surface area contributed by atoms with E-state index in [1.54, 1.807) is 0 Å². The van der Waals surface area contributed by atoms with Crippen LogP contribution in [0.4, 0.5) is 0 Å². The van der Waals surface area contributed by atoms with Crippen molar-refractivity contribution in [3.63, 3.8) is 0 Å². The third-order valence-corrected chi connectivity index (χ3v) is 28.6. The molecule has 0 aliphatic carbocycles. The second kappa shape index (κ2) is 33.4. The number of nitrogens with zero attached hydrogens (tertiary/aromatic N) is 10. The molecule has 10 nitrogen and oxygen atoms in total. The SMILES string of the molecule is c1ccc(-c2cccc(-c3ccc(-n4c5ccccc5c5cc6c7ccc8ccccc8c7n(-c7ccccc7)c6cc54)cc3)n2)cc1.c1ccc(-c2cccc(-c3cccc(-n4c5ccccc5c5cc6c7ccc8ccccc8c7n(-c7ccccc7)c6cc54)c3)n2)cc1.c1ccc(-c2nc3ccccc3nc2-n2c3ccccc3c3cc4c5ccc6ccccc6c5n(-c5ccccc5)c4cc32)cc1. The number of aromatic nitrogens is 10. The fourth-order valence-corrected chi connectivity index (χ4v) is 22.3. The van der Waals surface area contributed by atoms with Crippen molar-refractivity contribution in [2.24, 2.45) is 0 Å². The van der Waals surface area contributed by atoms with Crippen LogP contribution < -0.4 is 0 Å². The number of para-hydroxylation sites is 8. The highest BCUT2D eigenvalue weighted by Gasteiger charge is 2.27. The number of rotatable bonds is 11. The Kier molecular flexibility index (Phi) is 19.1. The molecule has 0 aliphatic heterocycles. The Bertz CT molecular complexity index is 10300. The van der Waals surface area contributed by atoms with Crippen LogP contribution in [0.3, 0.4) is 0 Å². The summed E-state index contributed by atoms with van der Waals surface area (Å²) in [5, 5.41) is 22.3. The first-order chi connectivity index (χ1) is 70.5. The molecule has 0 saturated heterocycles. The molecule has 10 heteroatoms. The lowest BCUT2D eigenvalue weighted by atomic mass is 10.0. The van der Waals surface area contributed by atoms with Crippen LogP contribution in [-0.2, 0) is 0 Å². The van der Waals surface area contributed by atoms with Crippen LogP contribution in [0.1, 0.15) is 0 Å². The van der Waals surface area contributed by atoms with Gasteiger partial charge in [-0.1, -0.05) is 358 Å². The topological polar surface area (TPSA) is 81.1 Å². The Hall–Kier alpha value is -19.2. The molecule has 9 aromatic heterocycles. The fraction of sp³-hybridized carbons (Fsp3) is 0. The second-order valence-electron chi connectivity index (χ2n) is 36.7. The molecule has 30 aromatic rings. The minimum atomic E-state index is 0.822. The molecule has 0 fully saturated rings. The van der Waals surface area contributed by atoms with Crippen LogP contribution in [0.2, 0.25) is 0 Å². The van der Waals surface area contributed by atoms with Gasteiger partial charge in [0.15, 0.2) is 5.82 Å². The Morgan fingerprint density at radius 3 is 0.831 bits per heavy atom. The maximum atomic E-state index is 5.33. The van der Waals surface area contributed by atoms with Gasteiger partial charge in [0, 0.05) is 137 Å². The Labute approximate surface area is 815 Å². The average molecular weight is 1810 g/mol. The van der Waals surface area contributed by atoms with Gasteiger partial charge in [-0.2, -0.15) is 0 Å². The highest BCUT2D eigenvalue weighted by atomic mass is 15.1. The van der Waals surface area contributed by atoms with Gasteiger partial charge in [-0.05, 0) is 168 Å². The van der Waals surface area contributed by atoms with Gasteiger partial charge in [-0.3, -0.25) is 4.57 Å². The largest absolute Gasteiger partial charge is 0.309 e.